The van der Waals surface area contributed by atoms with Crippen molar-refractivity contribution in [3.63, 3.8) is 0 Å². The van der Waals surface area contributed by atoms with E-state index >= 15 is 0 Å². The summed E-state index contributed by atoms with van der Waals surface area (Å²) in [6, 6.07) is 19.6. The van der Waals surface area contributed by atoms with Gasteiger partial charge in [-0.25, -0.2) is 0 Å². The highest BCUT2D eigenvalue weighted by Gasteiger charge is 2.30. The van der Waals surface area contributed by atoms with Crippen molar-refractivity contribution in [2.45, 2.75) is 18.7 Å². The number of nitrogens with one attached hydrogen (secondary N) is 1. The third-order valence-electron chi connectivity index (χ3n) is 5.22. The molecule has 0 fully saturated rings. The maximum absolute atomic E-state index is 12.6. The fraction of sp³-hybridized carbons (Fsp3) is 0.192. The van der Waals surface area contributed by atoms with Gasteiger partial charge >= 0.3 is 6.18 Å². The van der Waals surface area contributed by atoms with Gasteiger partial charge in [0.1, 0.15) is 17.5 Å². The van der Waals surface area contributed by atoms with Crippen molar-refractivity contribution in [1.29, 1.82) is 0 Å². The maximum atomic E-state index is 12.6. The van der Waals surface area contributed by atoms with Gasteiger partial charge in [-0.2, -0.15) is 18.2 Å². The van der Waals surface area contributed by atoms with E-state index in [4.69, 9.17) is 39.4 Å². The molecule has 38 heavy (non-hydrogen) atoms. The van der Waals surface area contributed by atoms with Crippen LogP contribution in [0.5, 0.6) is 5.75 Å². The van der Waals surface area contributed by atoms with E-state index in [0.717, 1.165) is 30.7 Å². The minimum absolute atomic E-state index is 0.0133. The monoisotopic (exact) mass is 564 g/mol. The van der Waals surface area contributed by atoms with Crippen LogP contribution in [0.4, 0.5) is 24.9 Å². The minimum atomic E-state index is -4.33. The number of halogens is 5. The van der Waals surface area contributed by atoms with Gasteiger partial charge in [0.15, 0.2) is 5.82 Å². The van der Waals surface area contributed by atoms with E-state index in [0.29, 0.717) is 27.1 Å². The van der Waals surface area contributed by atoms with Crippen LogP contribution in [-0.2, 0) is 6.18 Å². The molecule has 1 atom stereocenters. The molecule has 1 heterocycles. The molecule has 1 aromatic heterocycles. The summed E-state index contributed by atoms with van der Waals surface area (Å²) in [6.07, 6.45) is -3.81. The number of benzene rings is 3. The van der Waals surface area contributed by atoms with Crippen LogP contribution >= 0.6 is 23.2 Å². The quantitative estimate of drug-likeness (QED) is 0.236. The molecule has 0 saturated carbocycles. The van der Waals surface area contributed by atoms with Gasteiger partial charge in [0, 0.05) is 12.0 Å². The number of ether oxygens (including phenoxy) is 1. The number of nitrogens with zero attached hydrogens (tertiary/aromatic N) is 3. The maximum Gasteiger partial charge on any atom is 0.416 e. The topological polar surface area (TPSA) is 112 Å². The van der Waals surface area contributed by atoms with Gasteiger partial charge < -0.3 is 21.5 Å². The van der Waals surface area contributed by atoms with E-state index in [1.807, 2.05) is 37.4 Å². The molecule has 1 unspecified atom stereocenters. The predicted molar refractivity (Wildman–Crippen MR) is 144 cm³/mol. The lowest BCUT2D eigenvalue weighted by molar-refractivity contribution is -0.137. The second-order valence-corrected chi connectivity index (χ2v) is 8.72. The van der Waals surface area contributed by atoms with Crippen LogP contribution in [0.1, 0.15) is 23.7 Å². The molecule has 0 aliphatic heterocycles. The fourth-order valence-electron chi connectivity index (χ4n) is 3.35. The molecule has 3 aromatic carbocycles. The Labute approximate surface area is 228 Å². The standard InChI is InChI=1S/C17H18F3NO.C9H7Cl2N5/c1-21-12-11-16(13-5-3-2-4-6-13)22-15-9-7-14(8-10-15)17(18,19)20;10-5-3-1-2-4(6(5)11)7-8(12)14-9(13)16-15-7/h2-10,16,21H,11-12H2,1H3;1-3H,(H4,12,13,14,16). The molecular formula is C26H25Cl2F3N6O. The zero-order chi connectivity index (χ0) is 27.7. The highest BCUT2D eigenvalue weighted by atomic mass is 35.5. The Morgan fingerprint density at radius 3 is 2.21 bits per heavy atom. The highest BCUT2D eigenvalue weighted by molar-refractivity contribution is 6.43. The first-order valence-corrected chi connectivity index (χ1v) is 12.1. The van der Waals surface area contributed by atoms with Gasteiger partial charge in [-0.05, 0) is 49.5 Å². The van der Waals surface area contributed by atoms with Crippen LogP contribution in [0, 0.1) is 0 Å². The van der Waals surface area contributed by atoms with Gasteiger partial charge in [0.25, 0.3) is 0 Å². The number of nitrogens with two attached hydrogens (primary N) is 2. The first-order chi connectivity index (χ1) is 18.1. The van der Waals surface area contributed by atoms with Crippen LogP contribution < -0.4 is 21.5 Å². The number of alkyl halides is 3. The molecule has 4 rings (SSSR count). The third kappa shape index (κ3) is 7.95. The van der Waals surface area contributed by atoms with Crippen molar-refractivity contribution in [2.24, 2.45) is 0 Å². The molecule has 0 bridgehead atoms. The number of aromatic nitrogens is 3. The van der Waals surface area contributed by atoms with Crippen molar-refractivity contribution in [3.05, 3.63) is 94.0 Å². The lowest BCUT2D eigenvalue weighted by Gasteiger charge is -2.20. The first kappa shape index (κ1) is 29.0. The molecule has 0 aliphatic rings. The van der Waals surface area contributed by atoms with Crippen LogP contribution in [0.25, 0.3) is 11.3 Å². The summed E-state index contributed by atoms with van der Waals surface area (Å²) in [4.78, 5) is 3.80. The number of nitrogen functional groups attached to an aromatic ring is 2. The Hall–Kier alpha value is -3.60. The predicted octanol–water partition coefficient (Wildman–Crippen LogP) is 6.44. The summed E-state index contributed by atoms with van der Waals surface area (Å²) in [5.74, 6) is 0.606. The van der Waals surface area contributed by atoms with Gasteiger partial charge in [0.2, 0.25) is 5.95 Å². The van der Waals surface area contributed by atoms with Gasteiger partial charge in [-0.3, -0.25) is 0 Å². The Kier molecular flexibility index (Phi) is 10.1. The second-order valence-electron chi connectivity index (χ2n) is 7.94. The van der Waals surface area contributed by atoms with Gasteiger partial charge in [-0.15, -0.1) is 10.2 Å². The first-order valence-electron chi connectivity index (χ1n) is 11.3. The molecule has 0 spiro atoms. The van der Waals surface area contributed by atoms with Crippen molar-refractivity contribution < 1.29 is 17.9 Å². The molecular weight excluding hydrogens is 540 g/mol. The number of anilines is 2. The highest BCUT2D eigenvalue weighted by Crippen LogP contribution is 2.34. The van der Waals surface area contributed by atoms with Gasteiger partial charge in [-0.1, -0.05) is 65.7 Å². The number of hydrogen-bond donors (Lipinski definition) is 3. The average Bonchev–Trinajstić information content (AvgIpc) is 2.89. The Morgan fingerprint density at radius 1 is 0.921 bits per heavy atom. The minimum Gasteiger partial charge on any atom is -0.486 e. The molecule has 7 nitrogen and oxygen atoms in total. The summed E-state index contributed by atoms with van der Waals surface area (Å²) in [5, 5.41) is 11.3. The average molecular weight is 565 g/mol. The lowest BCUT2D eigenvalue weighted by atomic mass is 10.1. The molecule has 0 aliphatic carbocycles. The molecule has 12 heteroatoms. The van der Waals surface area contributed by atoms with Crippen LogP contribution in [0.2, 0.25) is 10.0 Å². The van der Waals surface area contributed by atoms with Crippen molar-refractivity contribution in [2.75, 3.05) is 25.1 Å². The fourth-order valence-corrected chi connectivity index (χ4v) is 3.74. The van der Waals surface area contributed by atoms with Crippen molar-refractivity contribution in [3.8, 4) is 17.0 Å². The number of rotatable bonds is 7. The molecule has 0 saturated heterocycles. The van der Waals surface area contributed by atoms with E-state index in [2.05, 4.69) is 20.5 Å². The third-order valence-corrected chi connectivity index (χ3v) is 6.04. The Morgan fingerprint density at radius 2 is 1.61 bits per heavy atom. The van der Waals surface area contributed by atoms with Crippen LogP contribution in [0.15, 0.2) is 72.8 Å². The molecule has 5 N–H and O–H groups in total. The van der Waals surface area contributed by atoms with E-state index in [-0.39, 0.29) is 17.9 Å². The van der Waals surface area contributed by atoms with Crippen molar-refractivity contribution in [1.82, 2.24) is 20.5 Å². The van der Waals surface area contributed by atoms with E-state index in [1.54, 1.807) is 18.2 Å². The Bertz CT molecular complexity index is 1330. The van der Waals surface area contributed by atoms with Crippen molar-refractivity contribution >= 4 is 35.0 Å². The summed E-state index contributed by atoms with van der Waals surface area (Å²) >= 11 is 11.9. The van der Waals surface area contributed by atoms with Crippen LogP contribution in [-0.4, -0.2) is 28.8 Å². The van der Waals surface area contributed by atoms with Gasteiger partial charge in [0.05, 0.1) is 15.6 Å². The molecule has 0 amide bonds. The normalized spacial score (nSPS) is 11.8. The molecule has 200 valence electrons. The van der Waals surface area contributed by atoms with E-state index < -0.39 is 11.7 Å². The molecule has 0 radical (unpaired) electrons. The molecule has 4 aromatic rings. The largest absolute Gasteiger partial charge is 0.486 e. The summed E-state index contributed by atoms with van der Waals surface area (Å²) in [5.41, 5.74) is 12.3. The SMILES string of the molecule is CNCCC(Oc1ccc(C(F)(F)F)cc1)c1ccccc1.Nc1nnc(-c2cccc(Cl)c2Cl)c(N)n1. The summed E-state index contributed by atoms with van der Waals surface area (Å²) < 4.78 is 43.6. The van der Waals surface area contributed by atoms with Crippen LogP contribution in [0.3, 0.4) is 0 Å². The lowest BCUT2D eigenvalue weighted by Crippen LogP contribution is -2.16. The second kappa shape index (κ2) is 13.3. The smallest absolute Gasteiger partial charge is 0.416 e. The zero-order valence-electron chi connectivity index (χ0n) is 20.2. The number of hydrogen-bond acceptors (Lipinski definition) is 7. The summed E-state index contributed by atoms with van der Waals surface area (Å²) in [7, 11) is 1.85. The van der Waals surface area contributed by atoms with E-state index in [9.17, 15) is 13.2 Å². The van der Waals surface area contributed by atoms with E-state index in [1.165, 1.54) is 12.1 Å². The Balaban J connectivity index is 0.000000221. The zero-order valence-corrected chi connectivity index (χ0v) is 21.7. The summed E-state index contributed by atoms with van der Waals surface area (Å²) in [6.45, 7) is 0.750.